The molecule has 0 aliphatic rings. The molecule has 0 bridgehead atoms. The van der Waals surface area contributed by atoms with Crippen LogP contribution in [0.2, 0.25) is 0 Å². The largest absolute Gasteiger partial charge is 0.482 e. The number of halogens is 2. The van der Waals surface area contributed by atoms with Gasteiger partial charge in [0.05, 0.1) is 27.0 Å². The Kier molecular flexibility index (Phi) is 8.02. The van der Waals surface area contributed by atoms with E-state index in [0.717, 1.165) is 0 Å². The smallest absolute Gasteiger partial charge is 0.343 e. The third-order valence-electron chi connectivity index (χ3n) is 3.87. The quantitative estimate of drug-likeness (QED) is 0.272. The normalized spacial score (nSPS) is 10.9. The van der Waals surface area contributed by atoms with Gasteiger partial charge in [-0.2, -0.15) is 0 Å². The number of esters is 1. The molecular formula is C20H20Br2N2O7. The summed E-state index contributed by atoms with van der Waals surface area (Å²) in [6, 6.07) is 7.29. The van der Waals surface area contributed by atoms with Gasteiger partial charge < -0.3 is 19.5 Å². The van der Waals surface area contributed by atoms with Crippen molar-refractivity contribution in [1.29, 1.82) is 0 Å². The highest BCUT2D eigenvalue weighted by Gasteiger charge is 2.25. The van der Waals surface area contributed by atoms with Crippen LogP contribution < -0.4 is 14.8 Å². The van der Waals surface area contributed by atoms with Crippen molar-refractivity contribution < 1.29 is 28.7 Å². The number of hydrogen-bond acceptors (Lipinski definition) is 7. The van der Waals surface area contributed by atoms with E-state index in [1.165, 1.54) is 25.3 Å². The third-order valence-corrected chi connectivity index (χ3v) is 5.05. The maximum Gasteiger partial charge on any atom is 0.343 e. The van der Waals surface area contributed by atoms with Crippen molar-refractivity contribution in [2.75, 3.05) is 19.0 Å². The number of rotatable bonds is 7. The van der Waals surface area contributed by atoms with E-state index in [1.807, 2.05) is 0 Å². The number of nitro benzene ring substituents is 1. The number of amides is 1. The fraction of sp³-hybridized carbons (Fsp3) is 0.300. The lowest BCUT2D eigenvalue weighted by Crippen LogP contribution is -2.27. The molecule has 2 rings (SSSR count). The highest BCUT2D eigenvalue weighted by molar-refractivity contribution is 9.11. The Hall–Kier alpha value is -2.66. The SMILES string of the molecule is COC(=O)COc1cc(Br)c(Oc2ccc(NC(=O)C(C)(C)C)c([N+](=O)[O-])c2)c(Br)c1. The maximum absolute atomic E-state index is 12.2. The molecule has 1 N–H and O–H groups in total. The number of carbonyl (C=O) groups is 2. The molecule has 0 spiro atoms. The molecule has 0 radical (unpaired) electrons. The van der Waals surface area contributed by atoms with Crippen LogP contribution in [0.4, 0.5) is 11.4 Å². The highest BCUT2D eigenvalue weighted by Crippen LogP contribution is 2.41. The van der Waals surface area contributed by atoms with Gasteiger partial charge in [0.2, 0.25) is 5.91 Å². The monoisotopic (exact) mass is 558 g/mol. The lowest BCUT2D eigenvalue weighted by Gasteiger charge is -2.18. The molecule has 31 heavy (non-hydrogen) atoms. The maximum atomic E-state index is 12.2. The summed E-state index contributed by atoms with van der Waals surface area (Å²) in [6.07, 6.45) is 0. The minimum Gasteiger partial charge on any atom is -0.482 e. The summed E-state index contributed by atoms with van der Waals surface area (Å²) in [5.74, 6) is 0.0230. The summed E-state index contributed by atoms with van der Waals surface area (Å²) in [7, 11) is 1.26. The number of ether oxygens (including phenoxy) is 3. The molecule has 0 saturated carbocycles. The van der Waals surface area contributed by atoms with E-state index in [-0.39, 0.29) is 29.6 Å². The predicted octanol–water partition coefficient (Wildman–Crippen LogP) is 5.45. The summed E-state index contributed by atoms with van der Waals surface area (Å²) in [5.41, 5.74) is -0.946. The average Bonchev–Trinajstić information content (AvgIpc) is 2.68. The van der Waals surface area contributed by atoms with Crippen molar-refractivity contribution in [1.82, 2.24) is 0 Å². The van der Waals surface area contributed by atoms with Gasteiger partial charge in [0.25, 0.3) is 5.69 Å². The van der Waals surface area contributed by atoms with Gasteiger partial charge in [-0.15, -0.1) is 0 Å². The van der Waals surface area contributed by atoms with Gasteiger partial charge in [0.1, 0.15) is 17.2 Å². The summed E-state index contributed by atoms with van der Waals surface area (Å²) < 4.78 is 16.6. The summed E-state index contributed by atoms with van der Waals surface area (Å²) in [4.78, 5) is 34.3. The lowest BCUT2D eigenvalue weighted by molar-refractivity contribution is -0.384. The zero-order valence-electron chi connectivity index (χ0n) is 17.2. The first kappa shape index (κ1) is 24.6. The Morgan fingerprint density at radius 1 is 1.10 bits per heavy atom. The van der Waals surface area contributed by atoms with Gasteiger partial charge in [-0.1, -0.05) is 20.8 Å². The van der Waals surface area contributed by atoms with Gasteiger partial charge in [0, 0.05) is 5.41 Å². The molecule has 0 atom stereocenters. The zero-order valence-corrected chi connectivity index (χ0v) is 20.3. The fourth-order valence-electron chi connectivity index (χ4n) is 2.18. The summed E-state index contributed by atoms with van der Waals surface area (Å²) in [5, 5.41) is 14.1. The van der Waals surface area contributed by atoms with Crippen molar-refractivity contribution in [3.8, 4) is 17.2 Å². The zero-order chi connectivity index (χ0) is 23.3. The van der Waals surface area contributed by atoms with E-state index >= 15 is 0 Å². The van der Waals surface area contributed by atoms with E-state index in [1.54, 1.807) is 32.9 Å². The van der Waals surface area contributed by atoms with Crippen LogP contribution in [0, 0.1) is 15.5 Å². The molecule has 0 aromatic heterocycles. The predicted molar refractivity (Wildman–Crippen MR) is 121 cm³/mol. The van der Waals surface area contributed by atoms with Crippen molar-refractivity contribution >= 4 is 55.1 Å². The van der Waals surface area contributed by atoms with Crippen LogP contribution in [0.3, 0.4) is 0 Å². The molecule has 0 fully saturated rings. The summed E-state index contributed by atoms with van der Waals surface area (Å²) >= 11 is 6.71. The van der Waals surface area contributed by atoms with Crippen molar-refractivity contribution in [2.45, 2.75) is 20.8 Å². The van der Waals surface area contributed by atoms with E-state index < -0.39 is 16.3 Å². The second-order valence-electron chi connectivity index (χ2n) is 7.32. The molecule has 2 aromatic rings. The molecular weight excluding hydrogens is 540 g/mol. The van der Waals surface area contributed by atoms with E-state index in [0.29, 0.717) is 20.4 Å². The van der Waals surface area contributed by atoms with Gasteiger partial charge >= 0.3 is 5.97 Å². The second-order valence-corrected chi connectivity index (χ2v) is 9.03. The molecule has 2 aromatic carbocycles. The number of benzene rings is 2. The number of nitrogens with one attached hydrogen (secondary N) is 1. The average molecular weight is 560 g/mol. The molecule has 0 aliphatic carbocycles. The molecule has 0 unspecified atom stereocenters. The number of anilines is 1. The first-order chi connectivity index (χ1) is 14.4. The van der Waals surface area contributed by atoms with E-state index in [2.05, 4.69) is 41.9 Å². The van der Waals surface area contributed by atoms with Gasteiger partial charge in [-0.05, 0) is 56.1 Å². The second kappa shape index (κ2) is 10.1. The van der Waals surface area contributed by atoms with Crippen LogP contribution in [0.5, 0.6) is 17.2 Å². The van der Waals surface area contributed by atoms with Crippen LogP contribution in [0.15, 0.2) is 39.3 Å². The Labute approximate surface area is 195 Å². The first-order valence-corrected chi connectivity index (χ1v) is 10.5. The van der Waals surface area contributed by atoms with Crippen molar-refractivity contribution in [3.63, 3.8) is 0 Å². The minimum atomic E-state index is -0.712. The lowest BCUT2D eigenvalue weighted by atomic mass is 9.95. The Bertz CT molecular complexity index is 996. The standard InChI is InChI=1S/C20H20Br2N2O7/c1-20(2,3)19(26)23-15-6-5-11(9-16(15)24(27)28)31-18-13(21)7-12(8-14(18)22)30-10-17(25)29-4/h5-9H,10H2,1-4H3,(H,23,26). The Morgan fingerprint density at radius 3 is 2.23 bits per heavy atom. The van der Waals surface area contributed by atoms with Gasteiger partial charge in [0.15, 0.2) is 12.4 Å². The number of nitro groups is 1. The number of hydrogen-bond donors (Lipinski definition) is 1. The van der Waals surface area contributed by atoms with E-state index in [4.69, 9.17) is 9.47 Å². The van der Waals surface area contributed by atoms with Crippen LogP contribution in [-0.2, 0) is 14.3 Å². The summed E-state index contributed by atoms with van der Waals surface area (Å²) in [6.45, 7) is 4.86. The minimum absolute atomic E-state index is 0.0713. The topological polar surface area (TPSA) is 117 Å². The molecule has 0 aliphatic heterocycles. The number of carbonyl (C=O) groups excluding carboxylic acids is 2. The molecule has 0 heterocycles. The molecule has 9 nitrogen and oxygen atoms in total. The number of nitrogens with zero attached hydrogens (tertiary/aromatic N) is 1. The Balaban J connectivity index is 2.28. The Morgan fingerprint density at radius 2 is 1.71 bits per heavy atom. The fourth-order valence-corrected chi connectivity index (χ4v) is 3.48. The molecule has 11 heteroatoms. The molecule has 0 saturated heterocycles. The molecule has 166 valence electrons. The highest BCUT2D eigenvalue weighted by atomic mass is 79.9. The first-order valence-electron chi connectivity index (χ1n) is 8.88. The van der Waals surface area contributed by atoms with Gasteiger partial charge in [-0.25, -0.2) is 4.79 Å². The van der Waals surface area contributed by atoms with Gasteiger partial charge in [-0.3, -0.25) is 14.9 Å². The van der Waals surface area contributed by atoms with Crippen LogP contribution in [0.1, 0.15) is 20.8 Å². The van der Waals surface area contributed by atoms with Crippen molar-refractivity contribution in [3.05, 3.63) is 49.4 Å². The molecule has 1 amide bonds. The van der Waals surface area contributed by atoms with Crippen LogP contribution in [-0.4, -0.2) is 30.5 Å². The van der Waals surface area contributed by atoms with Crippen LogP contribution >= 0.6 is 31.9 Å². The number of methoxy groups -OCH3 is 1. The van der Waals surface area contributed by atoms with E-state index in [9.17, 15) is 19.7 Å². The third kappa shape index (κ3) is 6.66. The van der Waals surface area contributed by atoms with Crippen LogP contribution in [0.25, 0.3) is 0 Å². The van der Waals surface area contributed by atoms with Crippen molar-refractivity contribution in [2.24, 2.45) is 5.41 Å².